The summed E-state index contributed by atoms with van der Waals surface area (Å²) in [6.45, 7) is 2.39. The molecule has 1 N–H and O–H groups in total. The van der Waals surface area contributed by atoms with Crippen LogP contribution in [-0.2, 0) is 12.8 Å². The van der Waals surface area contributed by atoms with Crippen LogP contribution in [0.5, 0.6) is 5.75 Å². The van der Waals surface area contributed by atoms with Crippen molar-refractivity contribution in [2.45, 2.75) is 19.8 Å². The summed E-state index contributed by atoms with van der Waals surface area (Å²) in [6, 6.07) is 9.37. The van der Waals surface area contributed by atoms with Crippen molar-refractivity contribution in [3.63, 3.8) is 0 Å². The third kappa shape index (κ3) is 3.81. The average molecular weight is 438 g/mol. The summed E-state index contributed by atoms with van der Waals surface area (Å²) in [4.78, 5) is 0. The number of H-pyrrole nitrogens is 1. The van der Waals surface area contributed by atoms with Gasteiger partial charge in [0, 0.05) is 10.4 Å². The fourth-order valence-electron chi connectivity index (χ4n) is 2.99. The van der Waals surface area contributed by atoms with E-state index in [1.807, 2.05) is 37.3 Å². The first-order valence-corrected chi connectivity index (χ1v) is 9.75. The molecule has 0 unspecified atom stereocenters. The van der Waals surface area contributed by atoms with Crippen LogP contribution >= 0.6 is 34.8 Å². The van der Waals surface area contributed by atoms with Crippen LogP contribution < -0.4 is 4.74 Å². The molecule has 2 aromatic heterocycles. The van der Waals surface area contributed by atoms with Crippen LogP contribution in [-0.4, -0.2) is 27.2 Å². The van der Waals surface area contributed by atoms with Gasteiger partial charge in [-0.2, -0.15) is 5.21 Å². The van der Waals surface area contributed by atoms with E-state index in [4.69, 9.17) is 44.0 Å². The van der Waals surface area contributed by atoms with Gasteiger partial charge in [0.1, 0.15) is 5.58 Å². The van der Waals surface area contributed by atoms with Gasteiger partial charge in [-0.1, -0.05) is 34.8 Å². The first-order chi connectivity index (χ1) is 13.5. The number of nitrogens with zero attached hydrogens (tertiary/aromatic N) is 3. The Balaban J connectivity index is 1.57. The monoisotopic (exact) mass is 436 g/mol. The Morgan fingerprint density at radius 1 is 1.00 bits per heavy atom. The normalized spacial score (nSPS) is 11.3. The Kier molecular flexibility index (Phi) is 5.44. The number of furan rings is 1. The van der Waals surface area contributed by atoms with Crippen molar-refractivity contribution in [1.29, 1.82) is 0 Å². The number of aromatic amines is 1. The molecule has 28 heavy (non-hydrogen) atoms. The van der Waals surface area contributed by atoms with Crippen LogP contribution in [0.15, 0.2) is 34.7 Å². The van der Waals surface area contributed by atoms with Crippen molar-refractivity contribution in [3.8, 4) is 17.3 Å². The minimum atomic E-state index is 0.396. The van der Waals surface area contributed by atoms with Crippen molar-refractivity contribution in [3.05, 3.63) is 56.5 Å². The van der Waals surface area contributed by atoms with Crippen LogP contribution in [0.2, 0.25) is 15.1 Å². The second kappa shape index (κ2) is 7.99. The zero-order valence-electron chi connectivity index (χ0n) is 14.8. The first-order valence-electron chi connectivity index (χ1n) is 8.61. The Morgan fingerprint density at radius 3 is 2.46 bits per heavy atom. The Morgan fingerprint density at radius 2 is 1.79 bits per heavy atom. The summed E-state index contributed by atoms with van der Waals surface area (Å²) >= 11 is 19.0. The van der Waals surface area contributed by atoms with E-state index >= 15 is 0 Å². The van der Waals surface area contributed by atoms with E-state index < -0.39 is 0 Å². The van der Waals surface area contributed by atoms with Gasteiger partial charge >= 0.3 is 0 Å². The highest BCUT2D eigenvalue weighted by Gasteiger charge is 2.14. The molecule has 0 saturated heterocycles. The van der Waals surface area contributed by atoms with E-state index in [1.165, 1.54) is 0 Å². The first kappa shape index (κ1) is 19.1. The fourth-order valence-corrected chi connectivity index (χ4v) is 3.90. The number of nitrogens with one attached hydrogen (secondary N) is 1. The topological polar surface area (TPSA) is 76.8 Å². The molecule has 0 aliphatic heterocycles. The van der Waals surface area contributed by atoms with Gasteiger partial charge in [0.15, 0.2) is 11.5 Å². The van der Waals surface area contributed by atoms with Gasteiger partial charge in [0.25, 0.3) is 0 Å². The lowest BCUT2D eigenvalue weighted by molar-refractivity contribution is 0.340. The number of tetrazole rings is 1. The number of hydrogen-bond acceptors (Lipinski definition) is 5. The Bertz CT molecular complexity index is 1100. The molecule has 0 spiro atoms. The lowest BCUT2D eigenvalue weighted by atomic mass is 10.0. The molecule has 2 aromatic carbocycles. The average Bonchev–Trinajstić information content (AvgIpc) is 3.32. The van der Waals surface area contributed by atoms with Crippen molar-refractivity contribution in [2.24, 2.45) is 0 Å². The lowest BCUT2D eigenvalue weighted by Gasteiger charge is -2.11. The van der Waals surface area contributed by atoms with Gasteiger partial charge < -0.3 is 9.15 Å². The predicted octanol–water partition coefficient (Wildman–Crippen LogP) is 5.76. The van der Waals surface area contributed by atoms with Crippen molar-refractivity contribution >= 4 is 45.8 Å². The molecule has 0 aliphatic rings. The highest BCUT2D eigenvalue weighted by atomic mass is 35.5. The highest BCUT2D eigenvalue weighted by molar-refractivity contribution is 6.37. The summed E-state index contributed by atoms with van der Waals surface area (Å²) in [5.41, 5.74) is 2.67. The summed E-state index contributed by atoms with van der Waals surface area (Å²) in [5.74, 6) is 1.44. The van der Waals surface area contributed by atoms with Gasteiger partial charge in [-0.05, 0) is 66.4 Å². The summed E-state index contributed by atoms with van der Waals surface area (Å²) < 4.78 is 11.3. The van der Waals surface area contributed by atoms with E-state index in [0.717, 1.165) is 22.9 Å². The van der Waals surface area contributed by atoms with Crippen LogP contribution in [0, 0.1) is 0 Å². The SMILES string of the molecule is CCOc1c(Cl)cc(CCc2cc3oc(-c4nn[nH]n4)cc3cc2Cl)cc1Cl. The molecule has 6 nitrogen and oxygen atoms in total. The van der Waals surface area contributed by atoms with Crippen LogP contribution in [0.1, 0.15) is 18.1 Å². The van der Waals surface area contributed by atoms with E-state index in [2.05, 4.69) is 20.6 Å². The number of fused-ring (bicyclic) bond motifs is 1. The molecule has 0 saturated carbocycles. The quantitative estimate of drug-likeness (QED) is 0.415. The minimum absolute atomic E-state index is 0.396. The number of benzene rings is 2. The third-order valence-electron chi connectivity index (χ3n) is 4.28. The van der Waals surface area contributed by atoms with Gasteiger partial charge in [-0.15, -0.1) is 10.2 Å². The van der Waals surface area contributed by atoms with Crippen molar-refractivity contribution < 1.29 is 9.15 Å². The molecule has 0 amide bonds. The molecule has 4 aromatic rings. The predicted molar refractivity (Wildman–Crippen MR) is 109 cm³/mol. The molecule has 0 atom stereocenters. The number of aromatic nitrogens is 4. The van der Waals surface area contributed by atoms with Gasteiger partial charge in [-0.25, -0.2) is 0 Å². The number of aryl methyl sites for hydroxylation is 2. The molecule has 0 aliphatic carbocycles. The van der Waals surface area contributed by atoms with Crippen LogP contribution in [0.3, 0.4) is 0 Å². The smallest absolute Gasteiger partial charge is 0.239 e. The standard InChI is InChI=1S/C19H15Cl3N4O2/c1-2-27-18-14(21)5-10(6-15(18)22)3-4-11-8-16-12(7-13(11)20)9-17(28-16)19-23-25-26-24-19/h5-9H,2-4H2,1H3,(H,23,24,25,26). The van der Waals surface area contributed by atoms with E-state index in [1.54, 1.807) is 0 Å². The number of rotatable bonds is 6. The molecule has 144 valence electrons. The van der Waals surface area contributed by atoms with Gasteiger partial charge in [0.2, 0.25) is 5.82 Å². The fraction of sp³-hybridized carbons (Fsp3) is 0.211. The second-order valence-corrected chi connectivity index (χ2v) is 7.37. The summed E-state index contributed by atoms with van der Waals surface area (Å²) in [7, 11) is 0. The van der Waals surface area contributed by atoms with E-state index in [0.29, 0.717) is 51.0 Å². The van der Waals surface area contributed by atoms with E-state index in [-0.39, 0.29) is 0 Å². The zero-order valence-corrected chi connectivity index (χ0v) is 17.1. The van der Waals surface area contributed by atoms with Gasteiger partial charge in [-0.3, -0.25) is 0 Å². The second-order valence-electron chi connectivity index (χ2n) is 6.15. The molecule has 9 heteroatoms. The number of hydrogen-bond donors (Lipinski definition) is 1. The van der Waals surface area contributed by atoms with Crippen molar-refractivity contribution in [2.75, 3.05) is 6.61 Å². The van der Waals surface area contributed by atoms with Crippen molar-refractivity contribution in [1.82, 2.24) is 20.6 Å². The minimum Gasteiger partial charge on any atom is -0.491 e. The molecular weight excluding hydrogens is 423 g/mol. The number of halogens is 3. The zero-order chi connectivity index (χ0) is 19.7. The molecule has 2 heterocycles. The summed E-state index contributed by atoms with van der Waals surface area (Å²) in [5, 5.41) is 16.4. The largest absolute Gasteiger partial charge is 0.491 e. The Labute approximate surface area is 175 Å². The third-order valence-corrected chi connectivity index (χ3v) is 5.19. The number of ether oxygens (including phenoxy) is 1. The summed E-state index contributed by atoms with van der Waals surface area (Å²) in [6.07, 6.45) is 1.42. The van der Waals surface area contributed by atoms with Crippen LogP contribution in [0.4, 0.5) is 0 Å². The maximum Gasteiger partial charge on any atom is 0.239 e. The molecule has 0 fully saturated rings. The highest BCUT2D eigenvalue weighted by Crippen LogP contribution is 2.35. The van der Waals surface area contributed by atoms with Crippen LogP contribution in [0.25, 0.3) is 22.6 Å². The maximum absolute atomic E-state index is 6.47. The Hall–Kier alpha value is -2.28. The van der Waals surface area contributed by atoms with Gasteiger partial charge in [0.05, 0.1) is 16.7 Å². The maximum atomic E-state index is 6.47. The molecule has 0 radical (unpaired) electrons. The molecular formula is C19H15Cl3N4O2. The lowest BCUT2D eigenvalue weighted by Crippen LogP contribution is -1.97. The van der Waals surface area contributed by atoms with E-state index in [9.17, 15) is 0 Å². The molecule has 0 bridgehead atoms. The molecule has 4 rings (SSSR count).